The van der Waals surface area contributed by atoms with E-state index in [1.807, 2.05) is 52.3 Å². The number of rotatable bonds is 8. The van der Waals surface area contributed by atoms with Crippen LogP contribution in [0.1, 0.15) is 62.5 Å². The molecule has 0 spiro atoms. The first-order chi connectivity index (χ1) is 19.5. The Labute approximate surface area is 238 Å². The van der Waals surface area contributed by atoms with Crippen molar-refractivity contribution in [2.45, 2.75) is 64.0 Å². The molecule has 2 aliphatic carbocycles. The second kappa shape index (κ2) is 13.2. The maximum atomic E-state index is 13.9. The predicted octanol–water partition coefficient (Wildman–Crippen LogP) is 5.01. The summed E-state index contributed by atoms with van der Waals surface area (Å²) in [5.74, 6) is 0.512. The molecule has 1 heterocycles. The quantitative estimate of drug-likeness (QED) is 0.276. The molecule has 2 saturated carbocycles. The van der Waals surface area contributed by atoms with Gasteiger partial charge in [-0.05, 0) is 74.3 Å². The first kappa shape index (κ1) is 28.0. The molecule has 214 valence electrons. The number of ether oxygens (including phenoxy) is 1. The van der Waals surface area contributed by atoms with Gasteiger partial charge in [0, 0.05) is 50.0 Å². The number of amides is 2. The zero-order valence-electron chi connectivity index (χ0n) is 23.5. The van der Waals surface area contributed by atoms with Gasteiger partial charge in [-0.3, -0.25) is 10.2 Å². The molecule has 3 fully saturated rings. The smallest absolute Gasteiger partial charge is 0.320 e. The predicted molar refractivity (Wildman–Crippen MR) is 157 cm³/mol. The first-order valence-corrected chi connectivity index (χ1v) is 14.9. The van der Waals surface area contributed by atoms with Gasteiger partial charge in [-0.2, -0.15) is 0 Å². The standard InChI is InChI=1S/C32H43N5O3/c33-30(34)26-10-14-28(15-11-26)35-18-20-36(21-19-35)32(39)37(22-24-6-2-1-3-7-24)29-16-12-27(13-17-29)31(38)40-23-25-8-4-5-9-25/h1-3,6-7,10-11,14-15,25,27,29H,4-5,8-9,12-13,16-23H2,(H3,33,34). The van der Waals surface area contributed by atoms with E-state index in [1.54, 1.807) is 0 Å². The molecule has 5 rings (SSSR count). The highest BCUT2D eigenvalue weighted by Crippen LogP contribution is 2.31. The van der Waals surface area contributed by atoms with E-state index in [9.17, 15) is 9.59 Å². The van der Waals surface area contributed by atoms with E-state index in [2.05, 4.69) is 17.0 Å². The Kier molecular flexibility index (Phi) is 9.24. The number of urea groups is 1. The summed E-state index contributed by atoms with van der Waals surface area (Å²) >= 11 is 0. The summed E-state index contributed by atoms with van der Waals surface area (Å²) < 4.78 is 5.72. The highest BCUT2D eigenvalue weighted by Gasteiger charge is 2.35. The zero-order chi connectivity index (χ0) is 27.9. The molecular weight excluding hydrogens is 502 g/mol. The maximum absolute atomic E-state index is 13.9. The molecule has 0 atom stereocenters. The van der Waals surface area contributed by atoms with Crippen molar-refractivity contribution in [3.8, 4) is 0 Å². The number of hydrogen-bond donors (Lipinski definition) is 2. The third-order valence-corrected chi connectivity index (χ3v) is 8.94. The number of nitrogen functional groups attached to an aromatic ring is 1. The number of esters is 1. The summed E-state index contributed by atoms with van der Waals surface area (Å²) in [6.07, 6.45) is 8.06. The van der Waals surface area contributed by atoms with Gasteiger partial charge in [0.2, 0.25) is 0 Å². The lowest BCUT2D eigenvalue weighted by Gasteiger charge is -2.42. The Morgan fingerprint density at radius 3 is 2.15 bits per heavy atom. The van der Waals surface area contributed by atoms with Crippen LogP contribution in [-0.4, -0.2) is 66.5 Å². The average molecular weight is 546 g/mol. The summed E-state index contributed by atoms with van der Waals surface area (Å²) in [6, 6.07) is 18.1. The van der Waals surface area contributed by atoms with Crippen LogP contribution in [0.25, 0.3) is 0 Å². The second-order valence-corrected chi connectivity index (χ2v) is 11.6. The Morgan fingerprint density at radius 1 is 0.875 bits per heavy atom. The molecule has 0 aromatic heterocycles. The fourth-order valence-electron chi connectivity index (χ4n) is 6.44. The molecule has 0 radical (unpaired) electrons. The van der Waals surface area contributed by atoms with Crippen LogP contribution in [0.4, 0.5) is 10.5 Å². The second-order valence-electron chi connectivity index (χ2n) is 11.6. The molecule has 8 nitrogen and oxygen atoms in total. The number of anilines is 1. The monoisotopic (exact) mass is 545 g/mol. The fourth-order valence-corrected chi connectivity index (χ4v) is 6.44. The fraction of sp³-hybridized carbons (Fsp3) is 0.531. The number of benzene rings is 2. The Bertz CT molecular complexity index is 1130. The molecular formula is C32H43N5O3. The number of carbonyl (C=O) groups excluding carboxylic acids is 2. The highest BCUT2D eigenvalue weighted by molar-refractivity contribution is 5.95. The van der Waals surface area contributed by atoms with Gasteiger partial charge in [-0.15, -0.1) is 0 Å². The topological polar surface area (TPSA) is 103 Å². The molecule has 3 aliphatic rings. The van der Waals surface area contributed by atoms with E-state index in [0.29, 0.717) is 37.7 Å². The Morgan fingerprint density at radius 2 is 1.52 bits per heavy atom. The van der Waals surface area contributed by atoms with Crippen molar-refractivity contribution >= 4 is 23.5 Å². The number of carbonyl (C=O) groups is 2. The van der Waals surface area contributed by atoms with Crippen molar-refractivity contribution in [2.75, 3.05) is 37.7 Å². The molecule has 1 saturated heterocycles. The van der Waals surface area contributed by atoms with E-state index in [0.717, 1.165) is 50.0 Å². The number of nitrogens with one attached hydrogen (secondary N) is 1. The zero-order valence-corrected chi connectivity index (χ0v) is 23.5. The molecule has 2 aromatic carbocycles. The summed E-state index contributed by atoms with van der Waals surface area (Å²) in [5.41, 5.74) is 8.51. The van der Waals surface area contributed by atoms with Crippen molar-refractivity contribution in [2.24, 2.45) is 17.6 Å². The molecule has 3 N–H and O–H groups in total. The molecule has 0 bridgehead atoms. The van der Waals surface area contributed by atoms with E-state index in [4.69, 9.17) is 15.9 Å². The van der Waals surface area contributed by atoms with E-state index in [1.165, 1.54) is 25.7 Å². The van der Waals surface area contributed by atoms with Crippen LogP contribution in [0, 0.1) is 17.2 Å². The summed E-state index contributed by atoms with van der Waals surface area (Å²) in [4.78, 5) is 33.0. The SMILES string of the molecule is N=C(N)c1ccc(N2CCN(C(=O)N(Cc3ccccc3)C3CCC(C(=O)OCC4CCCC4)CC3)CC2)cc1. The summed E-state index contributed by atoms with van der Waals surface area (Å²) in [6.45, 7) is 3.97. The van der Waals surface area contributed by atoms with Crippen molar-refractivity contribution in [1.82, 2.24) is 9.80 Å². The lowest BCUT2D eigenvalue weighted by molar-refractivity contribution is -0.151. The first-order valence-electron chi connectivity index (χ1n) is 14.9. The minimum atomic E-state index is -0.0516. The van der Waals surface area contributed by atoms with Gasteiger partial charge in [0.1, 0.15) is 5.84 Å². The Balaban J connectivity index is 1.18. The largest absolute Gasteiger partial charge is 0.465 e. The number of nitrogens with zero attached hydrogens (tertiary/aromatic N) is 3. The van der Waals surface area contributed by atoms with Gasteiger partial charge in [0.15, 0.2) is 0 Å². The normalized spacial score (nSPS) is 21.7. The lowest BCUT2D eigenvalue weighted by atomic mass is 9.85. The number of hydrogen-bond acceptors (Lipinski definition) is 5. The average Bonchev–Trinajstić information content (AvgIpc) is 3.53. The Hall–Kier alpha value is -3.55. The van der Waals surface area contributed by atoms with Crippen molar-refractivity contribution < 1.29 is 14.3 Å². The van der Waals surface area contributed by atoms with E-state index in [-0.39, 0.29) is 29.8 Å². The number of amidine groups is 1. The van der Waals surface area contributed by atoms with Gasteiger partial charge < -0.3 is 25.2 Å². The molecule has 2 aromatic rings. The third kappa shape index (κ3) is 6.95. The lowest BCUT2D eigenvalue weighted by Crippen LogP contribution is -2.55. The van der Waals surface area contributed by atoms with Gasteiger partial charge in [0.25, 0.3) is 0 Å². The minimum Gasteiger partial charge on any atom is -0.465 e. The molecule has 2 amide bonds. The van der Waals surface area contributed by atoms with Crippen molar-refractivity contribution in [3.05, 3.63) is 65.7 Å². The number of piperazine rings is 1. The van der Waals surface area contributed by atoms with Gasteiger partial charge in [0.05, 0.1) is 12.5 Å². The van der Waals surface area contributed by atoms with Crippen molar-refractivity contribution in [1.29, 1.82) is 5.41 Å². The van der Waals surface area contributed by atoms with Gasteiger partial charge in [-0.1, -0.05) is 43.2 Å². The van der Waals surface area contributed by atoms with Gasteiger partial charge >= 0.3 is 12.0 Å². The van der Waals surface area contributed by atoms with Crippen LogP contribution in [0.3, 0.4) is 0 Å². The van der Waals surface area contributed by atoms with Crippen molar-refractivity contribution in [3.63, 3.8) is 0 Å². The van der Waals surface area contributed by atoms with Crippen LogP contribution >= 0.6 is 0 Å². The highest BCUT2D eigenvalue weighted by atomic mass is 16.5. The summed E-state index contributed by atoms with van der Waals surface area (Å²) in [5, 5.41) is 7.60. The van der Waals surface area contributed by atoms with Crippen LogP contribution in [0.5, 0.6) is 0 Å². The minimum absolute atomic E-state index is 0.0428. The third-order valence-electron chi connectivity index (χ3n) is 8.94. The van der Waals surface area contributed by atoms with Crippen LogP contribution in [0.2, 0.25) is 0 Å². The molecule has 1 aliphatic heterocycles. The van der Waals surface area contributed by atoms with Crippen LogP contribution in [0.15, 0.2) is 54.6 Å². The van der Waals surface area contributed by atoms with E-state index >= 15 is 0 Å². The summed E-state index contributed by atoms with van der Waals surface area (Å²) in [7, 11) is 0. The number of nitrogens with two attached hydrogens (primary N) is 1. The van der Waals surface area contributed by atoms with E-state index < -0.39 is 0 Å². The molecule has 0 unspecified atom stereocenters. The van der Waals surface area contributed by atoms with Gasteiger partial charge in [-0.25, -0.2) is 4.79 Å². The van der Waals surface area contributed by atoms with Crippen LogP contribution < -0.4 is 10.6 Å². The molecule has 8 heteroatoms. The van der Waals surface area contributed by atoms with Crippen LogP contribution in [-0.2, 0) is 16.1 Å². The molecule has 40 heavy (non-hydrogen) atoms. The maximum Gasteiger partial charge on any atom is 0.320 e.